The molecular formula is C13H14Cl2N2O. The third kappa shape index (κ3) is 2.20. The number of nitrogens with two attached hydrogens (primary N) is 1. The Kier molecular flexibility index (Phi) is 3.30. The lowest BCUT2D eigenvalue weighted by molar-refractivity contribution is 0.405. The van der Waals surface area contributed by atoms with Crippen LogP contribution in [0.3, 0.4) is 0 Å². The van der Waals surface area contributed by atoms with Gasteiger partial charge in [0.25, 0.3) is 0 Å². The van der Waals surface area contributed by atoms with E-state index in [0.29, 0.717) is 21.2 Å². The van der Waals surface area contributed by atoms with Gasteiger partial charge in [-0.1, -0.05) is 55.2 Å². The fourth-order valence-electron chi connectivity index (χ4n) is 1.79. The number of nitrogen functional groups attached to an aromatic ring is 1. The molecule has 0 unspecified atom stereocenters. The van der Waals surface area contributed by atoms with Crippen molar-refractivity contribution < 1.29 is 4.52 Å². The first-order valence-electron chi connectivity index (χ1n) is 5.52. The lowest BCUT2D eigenvalue weighted by atomic mass is 9.87. The molecule has 96 valence electrons. The Bertz CT molecular complexity index is 565. The van der Waals surface area contributed by atoms with Crippen LogP contribution in [0.25, 0.3) is 11.1 Å². The van der Waals surface area contributed by atoms with Crippen molar-refractivity contribution in [1.82, 2.24) is 5.16 Å². The number of hydrogen-bond acceptors (Lipinski definition) is 3. The van der Waals surface area contributed by atoms with Crippen molar-refractivity contribution in [2.75, 3.05) is 5.73 Å². The quantitative estimate of drug-likeness (QED) is 0.837. The molecule has 0 saturated heterocycles. The number of halogens is 2. The van der Waals surface area contributed by atoms with E-state index in [1.54, 1.807) is 18.2 Å². The summed E-state index contributed by atoms with van der Waals surface area (Å²) in [6, 6.07) is 5.32. The topological polar surface area (TPSA) is 52.0 Å². The van der Waals surface area contributed by atoms with Gasteiger partial charge in [-0.05, 0) is 12.1 Å². The third-order valence-electron chi connectivity index (χ3n) is 2.64. The van der Waals surface area contributed by atoms with Gasteiger partial charge in [0, 0.05) is 11.0 Å². The molecule has 18 heavy (non-hydrogen) atoms. The second-order valence-corrected chi connectivity index (χ2v) is 5.93. The smallest absolute Gasteiger partial charge is 0.230 e. The molecule has 1 aromatic heterocycles. The molecule has 1 aromatic carbocycles. The minimum absolute atomic E-state index is 0.209. The fraction of sp³-hybridized carbons (Fsp3) is 0.308. The number of hydrogen-bond donors (Lipinski definition) is 1. The minimum atomic E-state index is -0.209. The van der Waals surface area contributed by atoms with E-state index < -0.39 is 0 Å². The first-order chi connectivity index (χ1) is 8.32. The molecule has 0 aliphatic carbocycles. The standard InChI is InChI=1S/C13H14Cl2N2O/c1-13(2,3)11-10(12(16)18-17-11)9-7(14)5-4-6-8(9)15/h4-6H,16H2,1-3H3. The molecule has 5 heteroatoms. The second kappa shape index (κ2) is 4.48. The molecule has 2 N–H and O–H groups in total. The molecule has 0 radical (unpaired) electrons. The van der Waals surface area contributed by atoms with Crippen molar-refractivity contribution >= 4 is 29.1 Å². The van der Waals surface area contributed by atoms with Gasteiger partial charge < -0.3 is 10.3 Å². The zero-order valence-corrected chi connectivity index (χ0v) is 11.9. The molecule has 0 aliphatic rings. The van der Waals surface area contributed by atoms with Crippen LogP contribution in [0.2, 0.25) is 10.0 Å². The summed E-state index contributed by atoms with van der Waals surface area (Å²) < 4.78 is 5.10. The molecule has 2 rings (SSSR count). The molecular weight excluding hydrogens is 271 g/mol. The number of anilines is 1. The predicted octanol–water partition coefficient (Wildman–Crippen LogP) is 4.53. The molecule has 2 aromatic rings. The van der Waals surface area contributed by atoms with Crippen LogP contribution in [0.5, 0.6) is 0 Å². The third-order valence-corrected chi connectivity index (χ3v) is 3.27. The van der Waals surface area contributed by atoms with Gasteiger partial charge in [-0.25, -0.2) is 0 Å². The van der Waals surface area contributed by atoms with Crippen molar-refractivity contribution in [1.29, 1.82) is 0 Å². The van der Waals surface area contributed by atoms with E-state index in [0.717, 1.165) is 5.69 Å². The van der Waals surface area contributed by atoms with E-state index in [1.807, 2.05) is 20.8 Å². The van der Waals surface area contributed by atoms with Crippen molar-refractivity contribution in [3.05, 3.63) is 33.9 Å². The Morgan fingerprint density at radius 3 is 2.17 bits per heavy atom. The van der Waals surface area contributed by atoms with E-state index in [4.69, 9.17) is 33.5 Å². The predicted molar refractivity (Wildman–Crippen MR) is 75.1 cm³/mol. The number of nitrogens with zero attached hydrogens (tertiary/aromatic N) is 1. The first-order valence-corrected chi connectivity index (χ1v) is 6.28. The van der Waals surface area contributed by atoms with Crippen LogP contribution in [-0.2, 0) is 5.41 Å². The average Bonchev–Trinajstić information content (AvgIpc) is 2.60. The van der Waals surface area contributed by atoms with Crippen molar-refractivity contribution in [3.8, 4) is 11.1 Å². The summed E-state index contributed by atoms with van der Waals surface area (Å²) in [5.74, 6) is 0.231. The maximum atomic E-state index is 6.21. The Balaban J connectivity index is 2.76. The maximum absolute atomic E-state index is 6.21. The van der Waals surface area contributed by atoms with Crippen molar-refractivity contribution in [2.24, 2.45) is 0 Å². The SMILES string of the molecule is CC(C)(C)c1noc(N)c1-c1c(Cl)cccc1Cl. The minimum Gasteiger partial charge on any atom is -0.367 e. The summed E-state index contributed by atoms with van der Waals surface area (Å²) in [5.41, 5.74) is 7.75. The summed E-state index contributed by atoms with van der Waals surface area (Å²) in [5, 5.41) is 5.09. The van der Waals surface area contributed by atoms with Crippen LogP contribution >= 0.6 is 23.2 Å². The van der Waals surface area contributed by atoms with E-state index in [9.17, 15) is 0 Å². The highest BCUT2D eigenvalue weighted by Crippen LogP contribution is 2.43. The average molecular weight is 285 g/mol. The molecule has 0 bridgehead atoms. The van der Waals surface area contributed by atoms with Gasteiger partial charge in [-0.3, -0.25) is 0 Å². The molecule has 0 saturated carbocycles. The van der Waals surface area contributed by atoms with Gasteiger partial charge in [0.1, 0.15) is 0 Å². The summed E-state index contributed by atoms with van der Waals surface area (Å²) in [4.78, 5) is 0. The highest BCUT2D eigenvalue weighted by molar-refractivity contribution is 6.39. The van der Waals surface area contributed by atoms with E-state index in [-0.39, 0.29) is 11.3 Å². The van der Waals surface area contributed by atoms with Crippen LogP contribution in [0.1, 0.15) is 26.5 Å². The molecule has 3 nitrogen and oxygen atoms in total. The Morgan fingerprint density at radius 1 is 1.11 bits per heavy atom. The highest BCUT2D eigenvalue weighted by Gasteiger charge is 2.28. The largest absolute Gasteiger partial charge is 0.367 e. The maximum Gasteiger partial charge on any atom is 0.230 e. The Labute approximate surface area is 116 Å². The van der Waals surface area contributed by atoms with Gasteiger partial charge >= 0.3 is 0 Å². The van der Waals surface area contributed by atoms with Crippen LogP contribution in [0, 0.1) is 0 Å². The second-order valence-electron chi connectivity index (χ2n) is 5.12. The van der Waals surface area contributed by atoms with E-state index >= 15 is 0 Å². The number of aromatic nitrogens is 1. The summed E-state index contributed by atoms with van der Waals surface area (Å²) in [6.45, 7) is 6.08. The Morgan fingerprint density at radius 2 is 1.67 bits per heavy atom. The Hall–Kier alpha value is -1.19. The van der Waals surface area contributed by atoms with Gasteiger partial charge in [0.05, 0.1) is 21.3 Å². The summed E-state index contributed by atoms with van der Waals surface area (Å²) >= 11 is 12.4. The van der Waals surface area contributed by atoms with Crippen molar-refractivity contribution in [2.45, 2.75) is 26.2 Å². The lowest BCUT2D eigenvalue weighted by Crippen LogP contribution is -2.13. The number of benzene rings is 1. The van der Waals surface area contributed by atoms with Crippen LogP contribution in [0.15, 0.2) is 22.7 Å². The van der Waals surface area contributed by atoms with Crippen LogP contribution < -0.4 is 5.73 Å². The lowest BCUT2D eigenvalue weighted by Gasteiger charge is -2.17. The first kappa shape index (κ1) is 13.2. The van der Waals surface area contributed by atoms with Gasteiger partial charge in [0.2, 0.25) is 5.88 Å². The molecule has 0 atom stereocenters. The molecule has 0 spiro atoms. The monoisotopic (exact) mass is 284 g/mol. The molecule has 0 fully saturated rings. The highest BCUT2D eigenvalue weighted by atomic mass is 35.5. The van der Waals surface area contributed by atoms with Crippen molar-refractivity contribution in [3.63, 3.8) is 0 Å². The molecule has 1 heterocycles. The normalized spacial score (nSPS) is 11.8. The van der Waals surface area contributed by atoms with Gasteiger partial charge in [0.15, 0.2) is 0 Å². The molecule has 0 amide bonds. The zero-order valence-electron chi connectivity index (χ0n) is 10.4. The number of rotatable bonds is 1. The molecule has 0 aliphatic heterocycles. The van der Waals surface area contributed by atoms with E-state index in [2.05, 4.69) is 5.16 Å². The fourth-order valence-corrected chi connectivity index (χ4v) is 2.38. The summed E-state index contributed by atoms with van der Waals surface area (Å²) in [6.07, 6.45) is 0. The summed E-state index contributed by atoms with van der Waals surface area (Å²) in [7, 11) is 0. The van der Waals surface area contributed by atoms with Crippen LogP contribution in [-0.4, -0.2) is 5.16 Å². The van der Waals surface area contributed by atoms with Gasteiger partial charge in [-0.2, -0.15) is 0 Å². The zero-order chi connectivity index (χ0) is 13.5. The van der Waals surface area contributed by atoms with Gasteiger partial charge in [-0.15, -0.1) is 0 Å². The van der Waals surface area contributed by atoms with E-state index in [1.165, 1.54) is 0 Å². The van der Waals surface area contributed by atoms with Crippen LogP contribution in [0.4, 0.5) is 5.88 Å².